The monoisotopic (exact) mass is 550 g/mol. The molecule has 2 aliphatic rings. The predicted octanol–water partition coefficient (Wildman–Crippen LogP) is 4.05. The summed E-state index contributed by atoms with van der Waals surface area (Å²) in [6, 6.07) is 9.96. The zero-order valence-corrected chi connectivity index (χ0v) is 23.6. The third kappa shape index (κ3) is 5.40. The number of amides is 1. The fourth-order valence-electron chi connectivity index (χ4n) is 4.86. The number of hydrogen-bond donors (Lipinski definition) is 0. The highest BCUT2D eigenvalue weighted by Crippen LogP contribution is 2.37. The first kappa shape index (κ1) is 27.6. The number of nitrogens with zero attached hydrogens (tertiary/aromatic N) is 4. The number of thioether (sulfide) groups is 1. The summed E-state index contributed by atoms with van der Waals surface area (Å²) in [6.07, 6.45) is 3.17. The van der Waals surface area contributed by atoms with E-state index in [0.717, 1.165) is 17.5 Å². The number of ether oxygens (including phenoxy) is 1. The van der Waals surface area contributed by atoms with Crippen LogP contribution in [0.15, 0.2) is 34.0 Å². The molecule has 2 fully saturated rings. The van der Waals surface area contributed by atoms with Gasteiger partial charge in [-0.15, -0.1) is 0 Å². The number of benzene rings is 1. The van der Waals surface area contributed by atoms with Crippen LogP contribution in [0.1, 0.15) is 47.6 Å². The summed E-state index contributed by atoms with van der Waals surface area (Å²) in [5.41, 5.74) is 2.81. The number of carbonyl (C=O) groups is 2. The molecule has 2 aromatic rings. The predicted molar refractivity (Wildman–Crippen MR) is 153 cm³/mol. The lowest BCUT2D eigenvalue weighted by Gasteiger charge is -2.35. The Labute approximate surface area is 231 Å². The number of esters is 1. The van der Waals surface area contributed by atoms with E-state index in [0.29, 0.717) is 58.8 Å². The van der Waals surface area contributed by atoms with E-state index in [9.17, 15) is 19.6 Å². The average molecular weight is 551 g/mol. The first-order valence-corrected chi connectivity index (χ1v) is 13.7. The van der Waals surface area contributed by atoms with Crippen molar-refractivity contribution in [3.05, 3.63) is 67.3 Å². The van der Waals surface area contributed by atoms with Gasteiger partial charge in [-0.05, 0) is 50.8 Å². The van der Waals surface area contributed by atoms with Crippen LogP contribution < -0.4 is 10.5 Å². The van der Waals surface area contributed by atoms with Gasteiger partial charge in [0.15, 0.2) is 0 Å². The SMILES string of the molecule is CCOC(=O)C1CCCN(c2c(/C=C3\SC(=S)N(Cc4ccc(C)cc4)C3=O)c(C)c(C#N)c(=O)n2C)C1. The molecule has 1 aromatic heterocycles. The molecular weight excluding hydrogens is 520 g/mol. The fourth-order valence-corrected chi connectivity index (χ4v) is 6.10. The molecule has 2 aliphatic heterocycles. The molecule has 0 radical (unpaired) electrons. The minimum atomic E-state index is -0.415. The fraction of sp³-hybridized carbons (Fsp3) is 0.393. The Morgan fingerprint density at radius 1 is 1.26 bits per heavy atom. The van der Waals surface area contributed by atoms with Gasteiger partial charge >= 0.3 is 5.97 Å². The van der Waals surface area contributed by atoms with Crippen molar-refractivity contribution >= 4 is 52.1 Å². The number of aromatic nitrogens is 1. The largest absolute Gasteiger partial charge is 0.466 e. The lowest BCUT2D eigenvalue weighted by Crippen LogP contribution is -2.42. The van der Waals surface area contributed by atoms with Crippen molar-refractivity contribution in [3.8, 4) is 6.07 Å². The number of piperidine rings is 1. The van der Waals surface area contributed by atoms with E-state index in [2.05, 4.69) is 0 Å². The van der Waals surface area contributed by atoms with Crippen LogP contribution in [0.2, 0.25) is 0 Å². The Morgan fingerprint density at radius 2 is 1.97 bits per heavy atom. The Kier molecular flexibility index (Phi) is 8.38. The molecule has 0 N–H and O–H groups in total. The van der Waals surface area contributed by atoms with Crippen molar-refractivity contribution in [2.45, 2.75) is 40.2 Å². The number of pyridine rings is 1. The van der Waals surface area contributed by atoms with Crippen LogP contribution >= 0.6 is 24.0 Å². The van der Waals surface area contributed by atoms with E-state index in [-0.39, 0.29) is 23.4 Å². The first-order valence-electron chi connectivity index (χ1n) is 12.5. The van der Waals surface area contributed by atoms with E-state index in [1.165, 1.54) is 16.3 Å². The lowest BCUT2D eigenvalue weighted by atomic mass is 9.96. The van der Waals surface area contributed by atoms with Crippen molar-refractivity contribution < 1.29 is 14.3 Å². The van der Waals surface area contributed by atoms with Crippen molar-refractivity contribution in [3.63, 3.8) is 0 Å². The Bertz CT molecular complexity index is 1420. The maximum atomic E-state index is 13.5. The maximum absolute atomic E-state index is 13.5. The number of hydrogen-bond acceptors (Lipinski definition) is 8. The summed E-state index contributed by atoms with van der Waals surface area (Å²) in [6.45, 7) is 7.18. The van der Waals surface area contributed by atoms with Gasteiger partial charge in [0.05, 0.1) is 24.0 Å². The molecule has 1 aromatic carbocycles. The highest BCUT2D eigenvalue weighted by atomic mass is 32.2. The van der Waals surface area contributed by atoms with Gasteiger partial charge in [-0.2, -0.15) is 5.26 Å². The number of carbonyl (C=O) groups excluding carboxylic acids is 2. The van der Waals surface area contributed by atoms with Gasteiger partial charge in [-0.1, -0.05) is 53.8 Å². The average Bonchev–Trinajstić information content (AvgIpc) is 3.16. The van der Waals surface area contributed by atoms with Crippen LogP contribution in [0.4, 0.5) is 5.82 Å². The number of rotatable bonds is 6. The van der Waals surface area contributed by atoms with Crippen LogP contribution in [0, 0.1) is 31.1 Å². The Balaban J connectivity index is 1.75. The zero-order valence-electron chi connectivity index (χ0n) is 21.9. The second-order valence-corrected chi connectivity index (χ2v) is 11.2. The van der Waals surface area contributed by atoms with Crippen LogP contribution in [0.5, 0.6) is 0 Å². The summed E-state index contributed by atoms with van der Waals surface area (Å²) in [5.74, 6) is -0.230. The number of nitriles is 1. The first-order chi connectivity index (χ1) is 18.2. The van der Waals surface area contributed by atoms with Gasteiger partial charge in [-0.25, -0.2) is 0 Å². The summed E-state index contributed by atoms with van der Waals surface area (Å²) >= 11 is 6.75. The van der Waals surface area contributed by atoms with Crippen molar-refractivity contribution in [1.29, 1.82) is 5.26 Å². The van der Waals surface area contributed by atoms with Gasteiger partial charge in [0.1, 0.15) is 21.8 Å². The standard InChI is InChI=1S/C28H30N4O4S2/c1-5-36-27(35)20-7-6-12-31(16-20)24-21(18(3)22(14-29)25(33)30(24)4)13-23-26(34)32(28(37)38-23)15-19-10-8-17(2)9-11-19/h8-11,13,20H,5-7,12,15-16H2,1-4H3/b23-13-. The second kappa shape index (κ2) is 11.5. The third-order valence-electron chi connectivity index (χ3n) is 6.92. The summed E-state index contributed by atoms with van der Waals surface area (Å²) < 4.78 is 7.15. The summed E-state index contributed by atoms with van der Waals surface area (Å²) in [7, 11) is 1.62. The molecule has 198 valence electrons. The van der Waals surface area contributed by atoms with Crippen molar-refractivity contribution in [2.24, 2.45) is 13.0 Å². The van der Waals surface area contributed by atoms with Crippen LogP contribution in [-0.2, 0) is 27.9 Å². The van der Waals surface area contributed by atoms with Gasteiger partial charge < -0.3 is 9.64 Å². The molecule has 1 amide bonds. The molecule has 8 nitrogen and oxygen atoms in total. The molecule has 0 aliphatic carbocycles. The normalized spacial score (nSPS) is 18.7. The number of anilines is 1. The molecule has 2 saturated heterocycles. The number of thiocarbonyl (C=S) groups is 1. The molecule has 0 bridgehead atoms. The third-order valence-corrected chi connectivity index (χ3v) is 8.30. The molecule has 1 atom stereocenters. The molecule has 1 unspecified atom stereocenters. The molecule has 0 saturated carbocycles. The van der Waals surface area contributed by atoms with Gasteiger partial charge in [0.2, 0.25) is 0 Å². The zero-order chi connectivity index (χ0) is 27.6. The summed E-state index contributed by atoms with van der Waals surface area (Å²) in [5, 5.41) is 9.74. The topological polar surface area (TPSA) is 95.6 Å². The minimum absolute atomic E-state index is 0.0246. The van der Waals surface area contributed by atoms with Gasteiger partial charge in [0.25, 0.3) is 11.5 Å². The smallest absolute Gasteiger partial charge is 0.310 e. The van der Waals surface area contributed by atoms with Gasteiger partial charge in [0, 0.05) is 25.7 Å². The number of aryl methyl sites for hydroxylation is 1. The van der Waals surface area contributed by atoms with E-state index < -0.39 is 5.56 Å². The maximum Gasteiger partial charge on any atom is 0.310 e. The lowest BCUT2D eigenvalue weighted by molar-refractivity contribution is -0.148. The molecule has 10 heteroatoms. The van der Waals surface area contributed by atoms with E-state index in [4.69, 9.17) is 17.0 Å². The quantitative estimate of drug-likeness (QED) is 0.302. The molecule has 3 heterocycles. The van der Waals surface area contributed by atoms with E-state index >= 15 is 0 Å². The van der Waals surface area contributed by atoms with Crippen molar-refractivity contribution in [2.75, 3.05) is 24.6 Å². The van der Waals surface area contributed by atoms with Crippen LogP contribution in [-0.4, -0.2) is 45.4 Å². The molecule has 4 rings (SSSR count). The molecule has 0 spiro atoms. The second-order valence-electron chi connectivity index (χ2n) is 9.50. The molecule has 38 heavy (non-hydrogen) atoms. The van der Waals surface area contributed by atoms with Crippen LogP contribution in [0.25, 0.3) is 6.08 Å². The van der Waals surface area contributed by atoms with E-state index in [1.54, 1.807) is 31.9 Å². The Hall–Kier alpha value is -3.42. The van der Waals surface area contributed by atoms with Crippen molar-refractivity contribution in [1.82, 2.24) is 9.47 Å². The Morgan fingerprint density at radius 3 is 2.63 bits per heavy atom. The van der Waals surface area contributed by atoms with E-state index in [1.807, 2.05) is 42.2 Å². The highest BCUT2D eigenvalue weighted by molar-refractivity contribution is 8.26. The van der Waals surface area contributed by atoms with Gasteiger partial charge in [-0.3, -0.25) is 23.9 Å². The molecular formula is C28H30N4O4S2. The summed E-state index contributed by atoms with van der Waals surface area (Å²) in [4.78, 5) is 43.0. The van der Waals surface area contributed by atoms with Crippen LogP contribution in [0.3, 0.4) is 0 Å². The minimum Gasteiger partial charge on any atom is -0.466 e. The highest BCUT2D eigenvalue weighted by Gasteiger charge is 2.34.